The van der Waals surface area contributed by atoms with E-state index < -0.39 is 0 Å². The predicted octanol–water partition coefficient (Wildman–Crippen LogP) is 6.54. The Morgan fingerprint density at radius 1 is 1.04 bits per heavy atom. The van der Waals surface area contributed by atoms with Gasteiger partial charge in [-0.2, -0.15) is 5.10 Å². The molecule has 0 saturated heterocycles. The Kier molecular flexibility index (Phi) is 5.11. The van der Waals surface area contributed by atoms with E-state index in [-0.39, 0.29) is 11.7 Å². The first-order valence-corrected chi connectivity index (χ1v) is 9.61. The number of halogens is 2. The molecular formula is C22H17ClFN3S. The first kappa shape index (κ1) is 18.6. The normalized spacial score (nSPS) is 12.1. The van der Waals surface area contributed by atoms with Crippen molar-refractivity contribution < 1.29 is 4.39 Å². The van der Waals surface area contributed by atoms with E-state index in [1.807, 2.05) is 66.1 Å². The van der Waals surface area contributed by atoms with Gasteiger partial charge in [-0.3, -0.25) is 9.67 Å². The van der Waals surface area contributed by atoms with Gasteiger partial charge in [0.15, 0.2) is 4.77 Å². The van der Waals surface area contributed by atoms with Gasteiger partial charge in [-0.05, 0) is 53.7 Å². The number of aromatic nitrogens is 3. The number of H-pyrrole nitrogens is 1. The summed E-state index contributed by atoms with van der Waals surface area (Å²) in [5.41, 5.74) is 3.10. The standard InChI is InChI=1S/C22H17ClFN3S/c1-14(16-7-12-19(20(24)13-16)15-5-3-2-4-6-15)21-25-26-22(28)27(21)18-10-8-17(23)9-11-18/h2-14H,1H3,(H,26,28). The fraction of sp³-hybridized carbons (Fsp3) is 0.0909. The van der Waals surface area contributed by atoms with Crippen molar-refractivity contribution in [2.75, 3.05) is 0 Å². The quantitative estimate of drug-likeness (QED) is 0.388. The van der Waals surface area contributed by atoms with E-state index in [0.717, 1.165) is 16.8 Å². The van der Waals surface area contributed by atoms with Crippen LogP contribution >= 0.6 is 23.8 Å². The highest BCUT2D eigenvalue weighted by atomic mass is 35.5. The van der Waals surface area contributed by atoms with Gasteiger partial charge in [0.1, 0.15) is 11.6 Å². The van der Waals surface area contributed by atoms with Crippen LogP contribution in [0.4, 0.5) is 4.39 Å². The molecule has 28 heavy (non-hydrogen) atoms. The van der Waals surface area contributed by atoms with Gasteiger partial charge in [-0.1, -0.05) is 61.0 Å². The van der Waals surface area contributed by atoms with Gasteiger partial charge in [-0.15, -0.1) is 0 Å². The number of benzene rings is 3. The highest BCUT2D eigenvalue weighted by molar-refractivity contribution is 7.71. The Balaban J connectivity index is 1.73. The molecule has 0 saturated carbocycles. The summed E-state index contributed by atoms with van der Waals surface area (Å²) in [6.07, 6.45) is 0. The molecule has 0 aliphatic rings. The molecule has 0 aliphatic heterocycles. The van der Waals surface area contributed by atoms with E-state index in [4.69, 9.17) is 23.8 Å². The number of nitrogens with one attached hydrogen (secondary N) is 1. The topological polar surface area (TPSA) is 33.6 Å². The molecule has 4 aromatic rings. The zero-order valence-corrected chi connectivity index (χ0v) is 16.6. The lowest BCUT2D eigenvalue weighted by atomic mass is 9.96. The Labute approximate surface area is 172 Å². The number of rotatable bonds is 4. The average molecular weight is 410 g/mol. The predicted molar refractivity (Wildman–Crippen MR) is 113 cm³/mol. The molecule has 1 atom stereocenters. The number of hydrogen-bond donors (Lipinski definition) is 1. The van der Waals surface area contributed by atoms with Gasteiger partial charge < -0.3 is 0 Å². The third kappa shape index (κ3) is 3.51. The Hall–Kier alpha value is -2.76. The van der Waals surface area contributed by atoms with E-state index >= 15 is 0 Å². The van der Waals surface area contributed by atoms with Gasteiger partial charge in [0, 0.05) is 22.2 Å². The molecule has 0 bridgehead atoms. The zero-order chi connectivity index (χ0) is 19.7. The van der Waals surface area contributed by atoms with Crippen molar-refractivity contribution in [3.63, 3.8) is 0 Å². The van der Waals surface area contributed by atoms with E-state index in [1.54, 1.807) is 18.2 Å². The van der Waals surface area contributed by atoms with Crippen LogP contribution in [0.3, 0.4) is 0 Å². The molecule has 0 spiro atoms. The zero-order valence-electron chi connectivity index (χ0n) is 15.1. The summed E-state index contributed by atoms with van der Waals surface area (Å²) in [5, 5.41) is 7.88. The Morgan fingerprint density at radius 2 is 1.75 bits per heavy atom. The molecule has 3 aromatic carbocycles. The highest BCUT2D eigenvalue weighted by Gasteiger charge is 2.19. The first-order valence-electron chi connectivity index (χ1n) is 8.82. The molecule has 3 nitrogen and oxygen atoms in total. The highest BCUT2D eigenvalue weighted by Crippen LogP contribution is 2.30. The van der Waals surface area contributed by atoms with Crippen LogP contribution in [0.25, 0.3) is 16.8 Å². The molecule has 140 valence electrons. The van der Waals surface area contributed by atoms with Crippen LogP contribution in [-0.4, -0.2) is 14.8 Å². The third-order valence-electron chi connectivity index (χ3n) is 4.75. The number of hydrogen-bond acceptors (Lipinski definition) is 2. The van der Waals surface area contributed by atoms with Crippen LogP contribution in [0, 0.1) is 10.6 Å². The molecule has 4 rings (SSSR count). The minimum Gasteiger partial charge on any atom is -0.272 e. The second-order valence-corrected chi connectivity index (χ2v) is 7.35. The molecule has 0 amide bonds. The molecule has 0 radical (unpaired) electrons. The average Bonchev–Trinajstić information content (AvgIpc) is 3.10. The summed E-state index contributed by atoms with van der Waals surface area (Å²) < 4.78 is 17.1. The van der Waals surface area contributed by atoms with Crippen LogP contribution in [0.2, 0.25) is 5.02 Å². The van der Waals surface area contributed by atoms with Crippen LogP contribution in [0.1, 0.15) is 24.2 Å². The summed E-state index contributed by atoms with van der Waals surface area (Å²) in [4.78, 5) is 0. The van der Waals surface area contributed by atoms with Gasteiger partial charge in [-0.25, -0.2) is 4.39 Å². The second-order valence-electron chi connectivity index (χ2n) is 6.53. The smallest absolute Gasteiger partial charge is 0.199 e. The fourth-order valence-corrected chi connectivity index (χ4v) is 3.61. The van der Waals surface area contributed by atoms with Crippen molar-refractivity contribution in [2.24, 2.45) is 0 Å². The summed E-state index contributed by atoms with van der Waals surface area (Å²) in [5.74, 6) is 0.282. The lowest BCUT2D eigenvalue weighted by molar-refractivity contribution is 0.626. The van der Waals surface area contributed by atoms with Crippen LogP contribution < -0.4 is 0 Å². The Bertz CT molecular complexity index is 1170. The molecular weight excluding hydrogens is 393 g/mol. The largest absolute Gasteiger partial charge is 0.272 e. The first-order chi connectivity index (χ1) is 13.5. The van der Waals surface area contributed by atoms with E-state index in [9.17, 15) is 4.39 Å². The maximum Gasteiger partial charge on any atom is 0.199 e. The van der Waals surface area contributed by atoms with Gasteiger partial charge in [0.25, 0.3) is 0 Å². The van der Waals surface area contributed by atoms with Crippen molar-refractivity contribution >= 4 is 23.8 Å². The molecule has 1 N–H and O–H groups in total. The van der Waals surface area contributed by atoms with Crippen molar-refractivity contribution in [1.82, 2.24) is 14.8 Å². The SMILES string of the molecule is CC(c1ccc(-c2ccccc2)c(F)c1)c1n[nH]c(=S)n1-c1ccc(Cl)cc1. The molecule has 1 aromatic heterocycles. The third-order valence-corrected chi connectivity index (χ3v) is 5.27. The lowest BCUT2D eigenvalue weighted by Crippen LogP contribution is -2.07. The van der Waals surface area contributed by atoms with Crippen molar-refractivity contribution in [3.05, 3.63) is 99.8 Å². The molecule has 1 heterocycles. The maximum atomic E-state index is 14.8. The van der Waals surface area contributed by atoms with E-state index in [1.165, 1.54) is 0 Å². The van der Waals surface area contributed by atoms with Crippen molar-refractivity contribution in [2.45, 2.75) is 12.8 Å². The minimum atomic E-state index is -0.261. The maximum absolute atomic E-state index is 14.8. The minimum absolute atomic E-state index is 0.164. The lowest BCUT2D eigenvalue weighted by Gasteiger charge is -2.15. The van der Waals surface area contributed by atoms with Crippen LogP contribution in [0.15, 0.2) is 72.8 Å². The van der Waals surface area contributed by atoms with Gasteiger partial charge in [0.2, 0.25) is 0 Å². The van der Waals surface area contributed by atoms with Crippen LogP contribution in [0.5, 0.6) is 0 Å². The van der Waals surface area contributed by atoms with E-state index in [0.29, 0.717) is 21.2 Å². The monoisotopic (exact) mass is 409 g/mol. The second kappa shape index (κ2) is 7.70. The fourth-order valence-electron chi connectivity index (χ4n) is 3.24. The Morgan fingerprint density at radius 3 is 2.43 bits per heavy atom. The molecule has 0 fully saturated rings. The molecule has 6 heteroatoms. The summed E-state index contributed by atoms with van der Waals surface area (Å²) in [7, 11) is 0. The van der Waals surface area contributed by atoms with Gasteiger partial charge >= 0.3 is 0 Å². The van der Waals surface area contributed by atoms with Crippen LogP contribution in [-0.2, 0) is 0 Å². The summed E-state index contributed by atoms with van der Waals surface area (Å²) >= 11 is 11.4. The number of aromatic amines is 1. The summed E-state index contributed by atoms with van der Waals surface area (Å²) in [6.45, 7) is 1.98. The van der Waals surface area contributed by atoms with Crippen molar-refractivity contribution in [3.8, 4) is 16.8 Å². The molecule has 1 unspecified atom stereocenters. The van der Waals surface area contributed by atoms with Gasteiger partial charge in [0.05, 0.1) is 0 Å². The number of nitrogens with zero attached hydrogens (tertiary/aromatic N) is 2. The summed E-state index contributed by atoms with van der Waals surface area (Å²) in [6, 6.07) is 22.2. The van der Waals surface area contributed by atoms with Crippen molar-refractivity contribution in [1.29, 1.82) is 0 Å². The van der Waals surface area contributed by atoms with E-state index in [2.05, 4.69) is 10.2 Å². The molecule has 0 aliphatic carbocycles.